The molecular formula is C40H63F7N2O4S2. The lowest BCUT2D eigenvalue weighted by atomic mass is 9.55. The molecule has 0 radical (unpaired) electrons. The van der Waals surface area contributed by atoms with Crippen LogP contribution in [0.3, 0.4) is 0 Å². The van der Waals surface area contributed by atoms with E-state index in [1.165, 1.54) is 35.9 Å². The second-order valence-electron chi connectivity index (χ2n) is 16.7. The SMILES string of the molecule is CN(CCO[C@H]1CCC2C3CCc4cc(OCCN(C)CCC(C)(C)SSCCCCCCO)ccc4C3CC[C@@]21C)CCOC(F)(C(F)(F)F)C(F)(F)F. The monoisotopic (exact) mass is 832 g/mol. The number of benzene rings is 1. The molecule has 0 aliphatic heterocycles. The third kappa shape index (κ3) is 12.5. The van der Waals surface area contributed by atoms with Gasteiger partial charge in [0, 0.05) is 36.7 Å². The van der Waals surface area contributed by atoms with E-state index in [0.29, 0.717) is 24.4 Å². The molecule has 5 atom stereocenters. The predicted octanol–water partition coefficient (Wildman–Crippen LogP) is 10.1. The minimum absolute atomic E-state index is 0.00367. The third-order valence-electron chi connectivity index (χ3n) is 12.2. The molecule has 0 amide bonds. The molecule has 2 fully saturated rings. The van der Waals surface area contributed by atoms with Crippen LogP contribution in [0.15, 0.2) is 18.2 Å². The van der Waals surface area contributed by atoms with Crippen LogP contribution in [-0.2, 0) is 15.9 Å². The van der Waals surface area contributed by atoms with Gasteiger partial charge in [0.15, 0.2) is 0 Å². The number of aliphatic hydroxyl groups excluding tert-OH is 1. The van der Waals surface area contributed by atoms with Gasteiger partial charge in [-0.25, -0.2) is 0 Å². The van der Waals surface area contributed by atoms with Gasteiger partial charge in [-0.05, 0) is 139 Å². The summed E-state index contributed by atoms with van der Waals surface area (Å²) in [5.74, 6) is -2.07. The molecule has 318 valence electrons. The number of aryl methyl sites for hydroxylation is 1. The van der Waals surface area contributed by atoms with Gasteiger partial charge >= 0.3 is 18.2 Å². The fourth-order valence-electron chi connectivity index (χ4n) is 8.76. The van der Waals surface area contributed by atoms with E-state index in [1.54, 1.807) is 0 Å². The van der Waals surface area contributed by atoms with Crippen LogP contribution in [0.25, 0.3) is 0 Å². The number of hydrogen-bond acceptors (Lipinski definition) is 8. The number of ether oxygens (including phenoxy) is 3. The number of nitrogens with zero attached hydrogens (tertiary/aromatic N) is 2. The van der Waals surface area contributed by atoms with E-state index < -0.39 is 24.8 Å². The summed E-state index contributed by atoms with van der Waals surface area (Å²) in [6, 6.07) is 6.64. The molecule has 3 unspecified atom stereocenters. The normalized spacial score (nSPS) is 24.6. The summed E-state index contributed by atoms with van der Waals surface area (Å²) in [5, 5.41) is 8.92. The Bertz CT molecular complexity index is 1310. The number of hydrogen-bond donors (Lipinski definition) is 1. The first-order chi connectivity index (χ1) is 25.8. The summed E-state index contributed by atoms with van der Waals surface area (Å²) < 4.78 is 107. The first-order valence-corrected chi connectivity index (χ1v) is 22.3. The van der Waals surface area contributed by atoms with Crippen molar-refractivity contribution in [3.05, 3.63) is 29.3 Å². The molecule has 1 N–H and O–H groups in total. The van der Waals surface area contributed by atoms with Crippen molar-refractivity contribution in [2.45, 2.75) is 126 Å². The van der Waals surface area contributed by atoms with Crippen molar-refractivity contribution in [3.63, 3.8) is 0 Å². The molecule has 6 nitrogen and oxygen atoms in total. The van der Waals surface area contributed by atoms with Gasteiger partial charge in [-0.3, -0.25) is 0 Å². The van der Waals surface area contributed by atoms with E-state index in [9.17, 15) is 30.7 Å². The fourth-order valence-corrected chi connectivity index (χ4v) is 11.5. The van der Waals surface area contributed by atoms with Crippen LogP contribution in [0.1, 0.15) is 102 Å². The highest BCUT2D eigenvalue weighted by Gasteiger charge is 2.74. The van der Waals surface area contributed by atoms with Gasteiger partial charge in [-0.1, -0.05) is 47.4 Å². The summed E-state index contributed by atoms with van der Waals surface area (Å²) in [6.45, 7) is 8.88. The summed E-state index contributed by atoms with van der Waals surface area (Å²) >= 11 is 0. The van der Waals surface area contributed by atoms with E-state index >= 15 is 0 Å². The van der Waals surface area contributed by atoms with Gasteiger partial charge in [-0.2, -0.15) is 30.7 Å². The van der Waals surface area contributed by atoms with Gasteiger partial charge in [0.25, 0.3) is 0 Å². The quantitative estimate of drug-likeness (QED) is 0.0665. The first kappa shape index (κ1) is 46.7. The Hall–Kier alpha value is -0.970. The number of likely N-dealkylation sites (N-methyl/N-ethyl adjacent to an activating group) is 2. The molecule has 3 aliphatic carbocycles. The molecule has 55 heavy (non-hydrogen) atoms. The maximum atomic E-state index is 13.8. The van der Waals surface area contributed by atoms with Crippen LogP contribution in [0, 0.1) is 17.3 Å². The Labute approximate surface area is 331 Å². The lowest BCUT2D eigenvalue weighted by Gasteiger charge is -2.50. The highest BCUT2D eigenvalue weighted by atomic mass is 33.1. The van der Waals surface area contributed by atoms with E-state index in [0.717, 1.165) is 82.4 Å². The minimum atomic E-state index is -6.23. The maximum absolute atomic E-state index is 13.8. The number of aliphatic hydroxyl groups is 1. The number of halogens is 7. The van der Waals surface area contributed by atoms with Crippen LogP contribution in [0.2, 0.25) is 0 Å². The van der Waals surface area contributed by atoms with E-state index in [4.69, 9.17) is 14.6 Å². The van der Waals surface area contributed by atoms with Gasteiger partial charge in [0.05, 0.1) is 19.3 Å². The van der Waals surface area contributed by atoms with E-state index in [-0.39, 0.29) is 42.6 Å². The smallest absolute Gasteiger partial charge is 0.458 e. The maximum Gasteiger partial charge on any atom is 0.458 e. The number of unbranched alkanes of at least 4 members (excludes halogenated alkanes) is 3. The molecule has 0 bridgehead atoms. The van der Waals surface area contributed by atoms with Crippen molar-refractivity contribution in [2.24, 2.45) is 17.3 Å². The Balaban J connectivity index is 1.17. The molecule has 15 heteroatoms. The molecule has 3 aliphatic rings. The Kier molecular flexibility index (Phi) is 17.3. The van der Waals surface area contributed by atoms with Crippen LogP contribution in [-0.4, -0.2) is 116 Å². The highest BCUT2D eigenvalue weighted by molar-refractivity contribution is 8.77. The van der Waals surface area contributed by atoms with Crippen LogP contribution < -0.4 is 4.74 Å². The number of alkyl halides is 7. The second kappa shape index (κ2) is 20.3. The lowest BCUT2D eigenvalue weighted by Crippen LogP contribution is -2.55. The van der Waals surface area contributed by atoms with Gasteiger partial charge in [0.1, 0.15) is 12.4 Å². The molecular weight excluding hydrogens is 770 g/mol. The minimum Gasteiger partial charge on any atom is -0.492 e. The third-order valence-corrected chi connectivity index (χ3v) is 15.6. The lowest BCUT2D eigenvalue weighted by molar-refractivity contribution is -0.430. The van der Waals surface area contributed by atoms with Crippen LogP contribution in [0.5, 0.6) is 5.75 Å². The second-order valence-corrected chi connectivity index (χ2v) is 19.8. The predicted molar refractivity (Wildman–Crippen MR) is 207 cm³/mol. The van der Waals surface area contributed by atoms with Crippen molar-refractivity contribution in [2.75, 3.05) is 72.5 Å². The summed E-state index contributed by atoms with van der Waals surface area (Å²) in [7, 11) is 7.62. The zero-order chi connectivity index (χ0) is 40.5. The van der Waals surface area contributed by atoms with Crippen LogP contribution >= 0.6 is 21.6 Å². The molecule has 1 aromatic rings. The molecule has 2 saturated carbocycles. The molecule has 1 aromatic carbocycles. The first-order valence-electron chi connectivity index (χ1n) is 19.9. The highest BCUT2D eigenvalue weighted by Crippen LogP contribution is 2.61. The molecule has 0 saturated heterocycles. The van der Waals surface area contributed by atoms with Crippen LogP contribution in [0.4, 0.5) is 30.7 Å². The average Bonchev–Trinajstić information content (AvgIpc) is 3.45. The van der Waals surface area contributed by atoms with Crippen molar-refractivity contribution >= 4 is 21.6 Å². The molecule has 0 spiro atoms. The van der Waals surface area contributed by atoms with Crippen molar-refractivity contribution < 1.29 is 50.1 Å². The topological polar surface area (TPSA) is 54.4 Å². The van der Waals surface area contributed by atoms with Crippen molar-refractivity contribution in [3.8, 4) is 5.75 Å². The molecule has 0 heterocycles. The summed E-state index contributed by atoms with van der Waals surface area (Å²) in [6.07, 6.45) is -0.764. The summed E-state index contributed by atoms with van der Waals surface area (Å²) in [5.41, 5.74) is 2.82. The van der Waals surface area contributed by atoms with Crippen molar-refractivity contribution in [1.29, 1.82) is 0 Å². The Morgan fingerprint density at radius 1 is 0.836 bits per heavy atom. The van der Waals surface area contributed by atoms with Gasteiger partial charge in [0.2, 0.25) is 0 Å². The fraction of sp³-hybridized carbons (Fsp3) is 0.850. The molecule has 4 rings (SSSR count). The zero-order valence-electron chi connectivity index (χ0n) is 33.2. The van der Waals surface area contributed by atoms with Gasteiger partial charge < -0.3 is 29.1 Å². The zero-order valence-corrected chi connectivity index (χ0v) is 34.8. The van der Waals surface area contributed by atoms with Gasteiger partial charge in [-0.15, -0.1) is 0 Å². The largest absolute Gasteiger partial charge is 0.492 e. The Morgan fingerprint density at radius 3 is 2.22 bits per heavy atom. The molecule has 0 aromatic heterocycles. The Morgan fingerprint density at radius 2 is 1.51 bits per heavy atom. The standard InChI is InChI=1S/C40H63F7N2O4S2/c1-36(2,55-54-27-9-7-6-8-23-50)18-19-48(4)20-24-51-30-11-13-31-29(28-30)10-12-33-32(31)16-17-37(3)34(33)14-15-35(37)52-25-21-49(5)22-26-53-38(41,39(42,43)44)40(45,46)47/h11,13,28,32-35,50H,6-10,12,14-27H2,1-5H3/t32?,33?,34?,35-,37-/m0/s1. The summed E-state index contributed by atoms with van der Waals surface area (Å²) in [4.78, 5) is 3.83. The number of rotatable bonds is 23. The van der Waals surface area contributed by atoms with E-state index in [2.05, 4.69) is 55.7 Å². The van der Waals surface area contributed by atoms with Crippen molar-refractivity contribution in [1.82, 2.24) is 9.80 Å². The average molecular weight is 833 g/mol. The van der Waals surface area contributed by atoms with E-state index in [1.807, 2.05) is 21.6 Å². The number of fused-ring (bicyclic) bond motifs is 5.